The van der Waals surface area contributed by atoms with Gasteiger partial charge in [-0.15, -0.1) is 0 Å². The van der Waals surface area contributed by atoms with E-state index in [0.29, 0.717) is 19.3 Å². The monoisotopic (exact) mass is 1080 g/mol. The van der Waals surface area contributed by atoms with Crippen molar-refractivity contribution >= 4 is 17.9 Å². The van der Waals surface area contributed by atoms with Crippen LogP contribution >= 0.6 is 0 Å². The number of esters is 3. The minimum absolute atomic E-state index is 0.118. The molecule has 0 aromatic heterocycles. The summed E-state index contributed by atoms with van der Waals surface area (Å²) in [6, 6.07) is 0. The molecule has 0 N–H and O–H groups in total. The van der Waals surface area contributed by atoms with Crippen molar-refractivity contribution in [2.45, 2.75) is 290 Å². The van der Waals surface area contributed by atoms with Gasteiger partial charge in [0.2, 0.25) is 0 Å². The lowest BCUT2D eigenvalue weighted by Gasteiger charge is -2.18. The molecular formula is C72H118O6. The number of carbonyl (C=O) groups excluding carboxylic acids is 3. The van der Waals surface area contributed by atoms with Crippen LogP contribution in [0.15, 0.2) is 134 Å². The van der Waals surface area contributed by atoms with Crippen LogP contribution in [0.4, 0.5) is 0 Å². The van der Waals surface area contributed by atoms with Crippen molar-refractivity contribution in [1.82, 2.24) is 0 Å². The predicted molar refractivity (Wildman–Crippen MR) is 339 cm³/mol. The van der Waals surface area contributed by atoms with Crippen LogP contribution in [0.5, 0.6) is 0 Å². The number of ether oxygens (including phenoxy) is 3. The summed E-state index contributed by atoms with van der Waals surface area (Å²) in [5.74, 6) is -1.02. The van der Waals surface area contributed by atoms with E-state index in [1.165, 1.54) is 128 Å². The fourth-order valence-corrected chi connectivity index (χ4v) is 8.56. The van der Waals surface area contributed by atoms with Gasteiger partial charge in [-0.25, -0.2) is 0 Å². The molecule has 1 atom stereocenters. The van der Waals surface area contributed by atoms with Crippen LogP contribution in [0.2, 0.25) is 0 Å². The van der Waals surface area contributed by atoms with Crippen LogP contribution in [-0.2, 0) is 28.6 Å². The number of rotatable bonds is 57. The molecule has 0 fully saturated rings. The lowest BCUT2D eigenvalue weighted by Crippen LogP contribution is -2.30. The number of carbonyl (C=O) groups is 3. The Hall–Kier alpha value is -4.45. The molecule has 0 aliphatic carbocycles. The van der Waals surface area contributed by atoms with E-state index in [1.807, 2.05) is 6.08 Å². The topological polar surface area (TPSA) is 78.9 Å². The van der Waals surface area contributed by atoms with Crippen molar-refractivity contribution in [2.75, 3.05) is 13.2 Å². The Morgan fingerprint density at radius 2 is 0.526 bits per heavy atom. The first kappa shape index (κ1) is 73.5. The Kier molecular flexibility index (Phi) is 61.4. The molecule has 0 saturated heterocycles. The minimum Gasteiger partial charge on any atom is -0.462 e. The third-order valence-corrected chi connectivity index (χ3v) is 13.4. The molecule has 6 nitrogen and oxygen atoms in total. The van der Waals surface area contributed by atoms with E-state index in [9.17, 15) is 14.4 Å². The Labute approximate surface area is 481 Å². The molecule has 0 heterocycles. The molecule has 0 aromatic rings. The summed E-state index contributed by atoms with van der Waals surface area (Å²) >= 11 is 0. The summed E-state index contributed by atoms with van der Waals surface area (Å²) in [5.41, 5.74) is 0. The van der Waals surface area contributed by atoms with Crippen LogP contribution in [0.1, 0.15) is 284 Å². The first-order valence-electron chi connectivity index (χ1n) is 32.2. The maximum absolute atomic E-state index is 12.9. The van der Waals surface area contributed by atoms with E-state index in [-0.39, 0.29) is 31.6 Å². The number of hydrogen-bond acceptors (Lipinski definition) is 6. The van der Waals surface area contributed by atoms with Crippen LogP contribution in [-0.4, -0.2) is 37.2 Å². The number of unbranched alkanes of at least 4 members (excludes halogenated alkanes) is 24. The molecule has 0 rings (SSSR count). The minimum atomic E-state index is -0.832. The Morgan fingerprint density at radius 1 is 0.269 bits per heavy atom. The molecule has 0 aliphatic rings. The van der Waals surface area contributed by atoms with Gasteiger partial charge in [0.05, 0.1) is 0 Å². The van der Waals surface area contributed by atoms with Gasteiger partial charge < -0.3 is 14.2 Å². The molecule has 0 aliphatic heterocycles. The van der Waals surface area contributed by atoms with Crippen molar-refractivity contribution in [2.24, 2.45) is 0 Å². The van der Waals surface area contributed by atoms with E-state index < -0.39 is 12.1 Å². The Morgan fingerprint density at radius 3 is 0.846 bits per heavy atom. The Bertz CT molecular complexity index is 1670. The summed E-state index contributed by atoms with van der Waals surface area (Å²) < 4.78 is 16.9. The van der Waals surface area contributed by atoms with E-state index in [0.717, 1.165) is 109 Å². The summed E-state index contributed by atoms with van der Waals surface area (Å²) in [6.07, 6.45) is 91.7. The zero-order valence-corrected chi connectivity index (χ0v) is 50.6. The predicted octanol–water partition coefficient (Wildman–Crippen LogP) is 22.2. The molecule has 0 bridgehead atoms. The zero-order valence-electron chi connectivity index (χ0n) is 50.6. The molecule has 0 spiro atoms. The van der Waals surface area contributed by atoms with Gasteiger partial charge in [-0.05, 0) is 128 Å². The van der Waals surface area contributed by atoms with Gasteiger partial charge in [-0.1, -0.05) is 270 Å². The van der Waals surface area contributed by atoms with Crippen molar-refractivity contribution < 1.29 is 28.6 Å². The maximum Gasteiger partial charge on any atom is 0.306 e. The molecule has 0 saturated carbocycles. The van der Waals surface area contributed by atoms with E-state index in [4.69, 9.17) is 14.2 Å². The molecule has 1 unspecified atom stereocenters. The molecule has 0 aromatic carbocycles. The van der Waals surface area contributed by atoms with Crippen LogP contribution in [0, 0.1) is 0 Å². The quantitative estimate of drug-likeness (QED) is 0.0261. The average Bonchev–Trinajstić information content (AvgIpc) is 3.44. The molecule has 442 valence electrons. The number of hydrogen-bond donors (Lipinski definition) is 0. The number of allylic oxidation sites excluding steroid dienone is 22. The summed E-state index contributed by atoms with van der Waals surface area (Å²) in [5, 5.41) is 0. The molecule has 78 heavy (non-hydrogen) atoms. The lowest BCUT2D eigenvalue weighted by atomic mass is 10.1. The highest BCUT2D eigenvalue weighted by molar-refractivity contribution is 5.71. The molecule has 6 heteroatoms. The van der Waals surface area contributed by atoms with Gasteiger partial charge >= 0.3 is 17.9 Å². The third-order valence-electron chi connectivity index (χ3n) is 13.4. The van der Waals surface area contributed by atoms with Crippen molar-refractivity contribution in [3.8, 4) is 0 Å². The average molecular weight is 1080 g/mol. The van der Waals surface area contributed by atoms with Crippen molar-refractivity contribution in [3.05, 3.63) is 134 Å². The summed E-state index contributed by atoms with van der Waals surface area (Å²) in [6.45, 7) is 6.43. The highest BCUT2D eigenvalue weighted by atomic mass is 16.6. The largest absolute Gasteiger partial charge is 0.462 e. The Balaban J connectivity index is 4.52. The maximum atomic E-state index is 12.9. The van der Waals surface area contributed by atoms with Gasteiger partial charge in [0.15, 0.2) is 6.10 Å². The second kappa shape index (κ2) is 65.1. The molecule has 0 radical (unpaired) electrons. The normalized spacial score (nSPS) is 13.0. The van der Waals surface area contributed by atoms with Crippen LogP contribution < -0.4 is 0 Å². The van der Waals surface area contributed by atoms with E-state index in [1.54, 1.807) is 0 Å². The van der Waals surface area contributed by atoms with Crippen molar-refractivity contribution in [3.63, 3.8) is 0 Å². The van der Waals surface area contributed by atoms with Gasteiger partial charge in [0, 0.05) is 19.3 Å². The smallest absolute Gasteiger partial charge is 0.306 e. The lowest BCUT2D eigenvalue weighted by molar-refractivity contribution is -0.166. The van der Waals surface area contributed by atoms with Gasteiger partial charge in [0.1, 0.15) is 13.2 Å². The van der Waals surface area contributed by atoms with E-state index in [2.05, 4.69) is 148 Å². The first-order valence-corrected chi connectivity index (χ1v) is 32.2. The first-order chi connectivity index (χ1) is 38.5. The highest BCUT2D eigenvalue weighted by Gasteiger charge is 2.19. The van der Waals surface area contributed by atoms with Gasteiger partial charge in [0.25, 0.3) is 0 Å². The zero-order chi connectivity index (χ0) is 56.4. The fourth-order valence-electron chi connectivity index (χ4n) is 8.56. The standard InChI is InChI=1S/C72H118O6/c1-4-7-10-13-16-19-22-25-28-31-34-35-36-37-39-41-44-47-50-53-56-59-62-65-71(74)77-68-69(67-76-70(73)64-61-58-55-52-49-46-43-40-33-30-27-24-21-18-15-12-9-6-3)78-72(75)66-63-60-57-54-51-48-45-42-38-32-29-26-23-20-17-14-11-8-5-2/h8,11,17,20-22,24-26,29-31,33-34,36-38,42,48,51,57,60,69H,4-7,9-10,12-16,18-19,23,27-28,32,35,39-41,43-47,49-50,52-56,58-59,61-68H2,1-3H3/b11-8-,20-17-,24-21-,25-22-,29-26-,33-30-,34-31-,37-36-,42-38-,51-48-,60-57-. The summed E-state index contributed by atoms with van der Waals surface area (Å²) in [7, 11) is 0. The highest BCUT2D eigenvalue weighted by Crippen LogP contribution is 2.14. The van der Waals surface area contributed by atoms with E-state index >= 15 is 0 Å². The summed E-state index contributed by atoms with van der Waals surface area (Å²) in [4.78, 5) is 38.3. The fraction of sp³-hybridized carbons (Fsp3) is 0.653. The second-order valence-electron chi connectivity index (χ2n) is 20.9. The second-order valence-corrected chi connectivity index (χ2v) is 20.9. The van der Waals surface area contributed by atoms with Crippen LogP contribution in [0.25, 0.3) is 0 Å². The van der Waals surface area contributed by atoms with Gasteiger partial charge in [-0.2, -0.15) is 0 Å². The molecule has 0 amide bonds. The van der Waals surface area contributed by atoms with Gasteiger partial charge in [-0.3, -0.25) is 14.4 Å². The van der Waals surface area contributed by atoms with Crippen LogP contribution in [0.3, 0.4) is 0 Å². The third kappa shape index (κ3) is 62.4. The van der Waals surface area contributed by atoms with Crippen molar-refractivity contribution in [1.29, 1.82) is 0 Å². The molecular weight excluding hydrogens is 961 g/mol. The SMILES string of the molecule is CC/C=C\C/C=C\C/C=C\C/C=C\C/C=C\C/C=C\CCC(=O)OC(COC(=O)CCCCCCCCC/C=C\C/C=C\CCCCCC)COC(=O)CCCCCCCCCC/C=C\C/C=C\C/C=C\CCCCCCC.